The summed E-state index contributed by atoms with van der Waals surface area (Å²) in [7, 11) is 0. The van der Waals surface area contributed by atoms with Crippen LogP contribution in [0.2, 0.25) is 0 Å². The highest BCUT2D eigenvalue weighted by molar-refractivity contribution is 5.98. The highest BCUT2D eigenvalue weighted by Gasteiger charge is 2.30. The third-order valence-corrected chi connectivity index (χ3v) is 5.11. The lowest BCUT2D eigenvalue weighted by Crippen LogP contribution is -2.51. The van der Waals surface area contributed by atoms with Gasteiger partial charge in [0.1, 0.15) is 23.2 Å². The van der Waals surface area contributed by atoms with Gasteiger partial charge in [-0.1, -0.05) is 44.2 Å². The van der Waals surface area contributed by atoms with Crippen LogP contribution in [0.5, 0.6) is 0 Å². The molecule has 2 amide bonds. The first-order valence-corrected chi connectivity index (χ1v) is 9.51. The van der Waals surface area contributed by atoms with E-state index >= 15 is 0 Å². The summed E-state index contributed by atoms with van der Waals surface area (Å²) >= 11 is 0. The third kappa shape index (κ3) is 4.21. The van der Waals surface area contributed by atoms with Gasteiger partial charge in [-0.3, -0.25) is 9.59 Å². The molecule has 0 saturated carbocycles. The van der Waals surface area contributed by atoms with Crippen LogP contribution >= 0.6 is 0 Å². The number of nitrogens with one attached hydrogen (secondary N) is 2. The number of halogens is 2. The van der Waals surface area contributed by atoms with Gasteiger partial charge >= 0.3 is 0 Å². The van der Waals surface area contributed by atoms with Crippen molar-refractivity contribution in [2.75, 3.05) is 0 Å². The summed E-state index contributed by atoms with van der Waals surface area (Å²) in [6.07, 6.45) is 2.74. The molecule has 2 aromatic carbocycles. The Morgan fingerprint density at radius 1 is 1.04 bits per heavy atom. The maximum Gasteiger partial charge on any atom is 0.257 e. The molecular formula is C22H24F2N2O2. The van der Waals surface area contributed by atoms with Crippen LogP contribution in [0.1, 0.15) is 54.2 Å². The molecule has 0 bridgehead atoms. The van der Waals surface area contributed by atoms with Crippen molar-refractivity contribution in [2.45, 2.75) is 45.2 Å². The molecule has 148 valence electrons. The summed E-state index contributed by atoms with van der Waals surface area (Å²) in [5.41, 5.74) is 1.61. The topological polar surface area (TPSA) is 58.2 Å². The van der Waals surface area contributed by atoms with E-state index in [9.17, 15) is 18.4 Å². The van der Waals surface area contributed by atoms with Crippen LogP contribution in [0.25, 0.3) is 0 Å². The molecule has 4 nitrogen and oxygen atoms in total. The predicted octanol–water partition coefficient (Wildman–Crippen LogP) is 3.91. The first-order valence-electron chi connectivity index (χ1n) is 9.51. The van der Waals surface area contributed by atoms with Gasteiger partial charge < -0.3 is 10.6 Å². The zero-order chi connectivity index (χ0) is 20.3. The number of aryl methyl sites for hydroxylation is 1. The number of benzene rings is 2. The zero-order valence-corrected chi connectivity index (χ0v) is 16.0. The largest absolute Gasteiger partial charge is 0.347 e. The Kier molecular flexibility index (Phi) is 6.07. The van der Waals surface area contributed by atoms with Gasteiger partial charge in [0.25, 0.3) is 5.91 Å². The van der Waals surface area contributed by atoms with Gasteiger partial charge in [0, 0.05) is 0 Å². The van der Waals surface area contributed by atoms with Crippen molar-refractivity contribution >= 4 is 11.8 Å². The first-order chi connectivity index (χ1) is 13.4. The Bertz CT molecular complexity index is 862. The maximum atomic E-state index is 13.9. The van der Waals surface area contributed by atoms with Crippen LogP contribution < -0.4 is 10.6 Å². The number of carbonyl (C=O) groups is 2. The molecule has 0 fully saturated rings. The predicted molar refractivity (Wildman–Crippen MR) is 103 cm³/mol. The number of carbonyl (C=O) groups excluding carboxylic acids is 2. The van der Waals surface area contributed by atoms with E-state index in [0.717, 1.165) is 37.0 Å². The normalized spacial score (nSPS) is 17.0. The van der Waals surface area contributed by atoms with E-state index in [1.54, 1.807) is 13.8 Å². The number of rotatable bonds is 5. The fourth-order valence-electron chi connectivity index (χ4n) is 3.63. The van der Waals surface area contributed by atoms with Gasteiger partial charge in [-0.15, -0.1) is 0 Å². The van der Waals surface area contributed by atoms with Crippen molar-refractivity contribution in [3.63, 3.8) is 0 Å². The summed E-state index contributed by atoms with van der Waals surface area (Å²) in [6.45, 7) is 3.55. The number of hydrogen-bond donors (Lipinski definition) is 2. The number of fused-ring (bicyclic) bond motifs is 1. The van der Waals surface area contributed by atoms with Crippen molar-refractivity contribution in [2.24, 2.45) is 5.92 Å². The molecule has 2 aromatic rings. The van der Waals surface area contributed by atoms with Crippen molar-refractivity contribution in [3.05, 3.63) is 70.8 Å². The van der Waals surface area contributed by atoms with Crippen molar-refractivity contribution in [1.82, 2.24) is 10.6 Å². The minimum atomic E-state index is -0.957. The Morgan fingerprint density at radius 2 is 1.71 bits per heavy atom. The molecule has 0 heterocycles. The van der Waals surface area contributed by atoms with Gasteiger partial charge in [0.2, 0.25) is 5.91 Å². The smallest absolute Gasteiger partial charge is 0.257 e. The lowest BCUT2D eigenvalue weighted by molar-refractivity contribution is -0.124. The summed E-state index contributed by atoms with van der Waals surface area (Å²) in [4.78, 5) is 25.3. The Balaban J connectivity index is 1.76. The minimum absolute atomic E-state index is 0.138. The van der Waals surface area contributed by atoms with E-state index in [1.165, 1.54) is 11.6 Å². The standard InChI is InChI=1S/C22H24F2N2O2/c1-13(2)20(26-21(27)19-16(23)10-6-11-17(19)24)22(28)25-18-12-5-8-14-7-3-4-9-15(14)18/h3-4,6-7,9-11,13,18,20H,5,8,12H2,1-2H3,(H,25,28)(H,26,27). The molecule has 6 heteroatoms. The van der Waals surface area contributed by atoms with E-state index in [1.807, 2.05) is 18.2 Å². The molecule has 1 aliphatic rings. The monoisotopic (exact) mass is 386 g/mol. The Morgan fingerprint density at radius 3 is 2.39 bits per heavy atom. The minimum Gasteiger partial charge on any atom is -0.347 e. The quantitative estimate of drug-likeness (QED) is 0.819. The van der Waals surface area contributed by atoms with E-state index in [-0.39, 0.29) is 17.9 Å². The van der Waals surface area contributed by atoms with E-state index in [4.69, 9.17) is 0 Å². The van der Waals surface area contributed by atoms with Crippen LogP contribution in [-0.4, -0.2) is 17.9 Å². The van der Waals surface area contributed by atoms with Crippen molar-refractivity contribution in [1.29, 1.82) is 0 Å². The molecular weight excluding hydrogens is 362 g/mol. The summed E-state index contributed by atoms with van der Waals surface area (Å²) in [5, 5.41) is 5.50. The zero-order valence-electron chi connectivity index (χ0n) is 16.0. The lowest BCUT2D eigenvalue weighted by atomic mass is 9.87. The van der Waals surface area contributed by atoms with Crippen LogP contribution in [-0.2, 0) is 11.2 Å². The molecule has 28 heavy (non-hydrogen) atoms. The molecule has 3 rings (SSSR count). The SMILES string of the molecule is CC(C)C(NC(=O)c1c(F)cccc1F)C(=O)NC1CCCc2ccccc21. The van der Waals surface area contributed by atoms with Crippen molar-refractivity contribution in [3.8, 4) is 0 Å². The lowest BCUT2D eigenvalue weighted by Gasteiger charge is -2.29. The molecule has 0 aliphatic heterocycles. The number of hydrogen-bond acceptors (Lipinski definition) is 2. The fourth-order valence-corrected chi connectivity index (χ4v) is 3.63. The highest BCUT2D eigenvalue weighted by Crippen LogP contribution is 2.29. The van der Waals surface area contributed by atoms with E-state index in [0.29, 0.717) is 0 Å². The van der Waals surface area contributed by atoms with Gasteiger partial charge in [0.05, 0.1) is 6.04 Å². The number of amides is 2. The maximum absolute atomic E-state index is 13.9. The van der Waals surface area contributed by atoms with Gasteiger partial charge in [-0.25, -0.2) is 8.78 Å². The Labute approximate surface area is 163 Å². The highest BCUT2D eigenvalue weighted by atomic mass is 19.1. The Hall–Kier alpha value is -2.76. The molecule has 2 unspecified atom stereocenters. The first kappa shape index (κ1) is 20.0. The molecule has 2 N–H and O–H groups in total. The van der Waals surface area contributed by atoms with E-state index < -0.39 is 29.1 Å². The third-order valence-electron chi connectivity index (χ3n) is 5.11. The second-order valence-electron chi connectivity index (χ2n) is 7.44. The molecule has 0 spiro atoms. The van der Waals surface area contributed by atoms with Crippen LogP contribution in [0.3, 0.4) is 0 Å². The second-order valence-corrected chi connectivity index (χ2v) is 7.44. The van der Waals surface area contributed by atoms with Gasteiger partial charge in [-0.05, 0) is 48.4 Å². The molecule has 0 radical (unpaired) electrons. The van der Waals surface area contributed by atoms with Gasteiger partial charge in [-0.2, -0.15) is 0 Å². The van der Waals surface area contributed by atoms with Gasteiger partial charge in [0.15, 0.2) is 0 Å². The summed E-state index contributed by atoms with van der Waals surface area (Å²) in [5.74, 6) is -3.46. The molecule has 2 atom stereocenters. The van der Waals surface area contributed by atoms with Crippen LogP contribution in [0.4, 0.5) is 8.78 Å². The second kappa shape index (κ2) is 8.50. The molecule has 0 aromatic heterocycles. The summed E-state index contributed by atoms with van der Waals surface area (Å²) in [6, 6.07) is 10.1. The average Bonchev–Trinajstić information content (AvgIpc) is 2.66. The fraction of sp³-hybridized carbons (Fsp3) is 0.364. The van der Waals surface area contributed by atoms with Crippen LogP contribution in [0, 0.1) is 17.6 Å². The molecule has 0 saturated heterocycles. The van der Waals surface area contributed by atoms with E-state index in [2.05, 4.69) is 16.7 Å². The average molecular weight is 386 g/mol. The van der Waals surface area contributed by atoms with Crippen molar-refractivity contribution < 1.29 is 18.4 Å². The summed E-state index contributed by atoms with van der Waals surface area (Å²) < 4.78 is 27.8. The van der Waals surface area contributed by atoms with Crippen LogP contribution in [0.15, 0.2) is 42.5 Å². The molecule has 1 aliphatic carbocycles.